The number of carbonyl (C=O) groups excluding carboxylic acids is 2. The summed E-state index contributed by atoms with van der Waals surface area (Å²) in [6.45, 7) is 1.93. The second kappa shape index (κ2) is 7.85. The summed E-state index contributed by atoms with van der Waals surface area (Å²) < 4.78 is 50.7. The standard InChI is InChI=1S/C15H17F3O5/c1-4-5-6-9-7-10(13(19)21-2)12(23-15(16,17)18)11(8-9)14(20)22-3/h7-8H,4-6H2,1-3H3. The molecule has 1 aromatic rings. The lowest BCUT2D eigenvalue weighted by atomic mass is 10.00. The van der Waals surface area contributed by atoms with Gasteiger partial charge < -0.3 is 14.2 Å². The van der Waals surface area contributed by atoms with Crippen LogP contribution in [-0.2, 0) is 15.9 Å². The van der Waals surface area contributed by atoms with Crippen LogP contribution in [-0.4, -0.2) is 32.5 Å². The Hall–Kier alpha value is -2.25. The largest absolute Gasteiger partial charge is 0.573 e. The van der Waals surface area contributed by atoms with Gasteiger partial charge in [-0.05, 0) is 30.5 Å². The van der Waals surface area contributed by atoms with E-state index in [0.29, 0.717) is 12.0 Å². The van der Waals surface area contributed by atoms with Crippen molar-refractivity contribution >= 4 is 11.9 Å². The highest BCUT2D eigenvalue weighted by Gasteiger charge is 2.36. The normalized spacial score (nSPS) is 11.0. The second-order valence-corrected chi connectivity index (χ2v) is 4.65. The molecule has 1 rings (SSSR count). The highest BCUT2D eigenvalue weighted by atomic mass is 19.4. The van der Waals surface area contributed by atoms with Crippen LogP contribution in [0.2, 0.25) is 0 Å². The summed E-state index contributed by atoms with van der Waals surface area (Å²) in [7, 11) is 2.05. The molecule has 0 aromatic heterocycles. The van der Waals surface area contributed by atoms with Crippen LogP contribution in [0.3, 0.4) is 0 Å². The highest BCUT2D eigenvalue weighted by molar-refractivity contribution is 6.00. The summed E-state index contributed by atoms with van der Waals surface area (Å²) in [4.78, 5) is 23.6. The van der Waals surface area contributed by atoms with Crippen LogP contribution in [0.5, 0.6) is 5.75 Å². The van der Waals surface area contributed by atoms with Gasteiger partial charge in [-0.2, -0.15) is 0 Å². The molecule has 128 valence electrons. The van der Waals surface area contributed by atoms with Crippen molar-refractivity contribution in [2.45, 2.75) is 32.5 Å². The molecule has 0 aliphatic carbocycles. The van der Waals surface area contributed by atoms with Gasteiger partial charge in [-0.25, -0.2) is 9.59 Å². The Kier molecular flexibility index (Phi) is 6.41. The molecule has 0 bridgehead atoms. The number of halogens is 3. The van der Waals surface area contributed by atoms with Gasteiger partial charge in [-0.1, -0.05) is 13.3 Å². The molecule has 23 heavy (non-hydrogen) atoms. The molecular formula is C15H17F3O5. The minimum absolute atomic E-state index is 0.473. The topological polar surface area (TPSA) is 61.8 Å². The van der Waals surface area contributed by atoms with E-state index in [9.17, 15) is 22.8 Å². The Bertz CT molecular complexity index is 544. The third kappa shape index (κ3) is 5.15. The molecule has 0 saturated carbocycles. The number of alkyl halides is 3. The molecule has 0 heterocycles. The average molecular weight is 334 g/mol. The molecule has 0 saturated heterocycles. The Morgan fingerprint density at radius 2 is 1.52 bits per heavy atom. The van der Waals surface area contributed by atoms with Crippen LogP contribution < -0.4 is 4.74 Å². The molecule has 0 fully saturated rings. The predicted molar refractivity (Wildman–Crippen MR) is 74.4 cm³/mol. The van der Waals surface area contributed by atoms with Gasteiger partial charge in [0.15, 0.2) is 5.75 Å². The first kappa shape index (κ1) is 18.8. The van der Waals surface area contributed by atoms with Gasteiger partial charge >= 0.3 is 18.3 Å². The van der Waals surface area contributed by atoms with Crippen LogP contribution >= 0.6 is 0 Å². The first-order valence-corrected chi connectivity index (χ1v) is 6.82. The first-order chi connectivity index (χ1) is 10.7. The fourth-order valence-corrected chi connectivity index (χ4v) is 1.96. The highest BCUT2D eigenvalue weighted by Crippen LogP contribution is 2.33. The van der Waals surface area contributed by atoms with E-state index in [-0.39, 0.29) is 0 Å². The molecule has 8 heteroatoms. The van der Waals surface area contributed by atoms with Gasteiger partial charge in [0.1, 0.15) is 11.1 Å². The molecular weight excluding hydrogens is 317 g/mol. The van der Waals surface area contributed by atoms with E-state index in [1.165, 1.54) is 12.1 Å². The molecule has 0 aliphatic rings. The number of hydrogen-bond donors (Lipinski definition) is 0. The maximum atomic E-state index is 12.6. The van der Waals surface area contributed by atoms with E-state index in [1.807, 2.05) is 6.92 Å². The van der Waals surface area contributed by atoms with Crippen molar-refractivity contribution in [3.05, 3.63) is 28.8 Å². The Morgan fingerprint density at radius 3 is 1.87 bits per heavy atom. The molecule has 0 unspecified atom stereocenters. The van der Waals surface area contributed by atoms with Crippen molar-refractivity contribution in [1.82, 2.24) is 0 Å². The van der Waals surface area contributed by atoms with Gasteiger partial charge in [0.2, 0.25) is 0 Å². The molecule has 0 N–H and O–H groups in total. The van der Waals surface area contributed by atoms with Crippen LogP contribution in [0.1, 0.15) is 46.0 Å². The van der Waals surface area contributed by atoms with Crippen molar-refractivity contribution in [2.75, 3.05) is 14.2 Å². The van der Waals surface area contributed by atoms with Crippen LogP contribution in [0.25, 0.3) is 0 Å². The van der Waals surface area contributed by atoms with Gasteiger partial charge in [-0.3, -0.25) is 0 Å². The molecule has 0 amide bonds. The van der Waals surface area contributed by atoms with Gasteiger partial charge in [0.25, 0.3) is 0 Å². The Balaban J connectivity index is 3.52. The van der Waals surface area contributed by atoms with Crippen LogP contribution in [0.4, 0.5) is 13.2 Å². The number of aryl methyl sites for hydroxylation is 1. The van der Waals surface area contributed by atoms with E-state index < -0.39 is 35.2 Å². The van der Waals surface area contributed by atoms with Crippen molar-refractivity contribution in [3.63, 3.8) is 0 Å². The first-order valence-electron chi connectivity index (χ1n) is 6.82. The zero-order chi connectivity index (χ0) is 17.6. The number of benzene rings is 1. The SMILES string of the molecule is CCCCc1cc(C(=O)OC)c(OC(F)(F)F)c(C(=O)OC)c1. The van der Waals surface area contributed by atoms with Gasteiger partial charge in [0.05, 0.1) is 14.2 Å². The summed E-state index contributed by atoms with van der Waals surface area (Å²) >= 11 is 0. The quantitative estimate of drug-likeness (QED) is 0.745. The van der Waals surface area contributed by atoms with E-state index in [2.05, 4.69) is 14.2 Å². The number of ether oxygens (including phenoxy) is 3. The zero-order valence-corrected chi connectivity index (χ0v) is 13.0. The maximum Gasteiger partial charge on any atom is 0.573 e. The van der Waals surface area contributed by atoms with Crippen molar-refractivity contribution < 1.29 is 37.0 Å². The molecule has 0 radical (unpaired) electrons. The van der Waals surface area contributed by atoms with Crippen LogP contribution in [0, 0.1) is 0 Å². The molecule has 0 aliphatic heterocycles. The zero-order valence-electron chi connectivity index (χ0n) is 13.0. The van der Waals surface area contributed by atoms with Crippen molar-refractivity contribution in [3.8, 4) is 5.75 Å². The lowest BCUT2D eigenvalue weighted by Gasteiger charge is -2.17. The van der Waals surface area contributed by atoms with E-state index in [1.54, 1.807) is 0 Å². The molecule has 0 spiro atoms. The molecule has 1 aromatic carbocycles. The van der Waals surface area contributed by atoms with Gasteiger partial charge in [-0.15, -0.1) is 13.2 Å². The van der Waals surface area contributed by atoms with E-state index in [4.69, 9.17) is 0 Å². The lowest BCUT2D eigenvalue weighted by molar-refractivity contribution is -0.274. The third-order valence-electron chi connectivity index (χ3n) is 3.00. The summed E-state index contributed by atoms with van der Waals surface area (Å²) in [5.74, 6) is -2.99. The van der Waals surface area contributed by atoms with Crippen molar-refractivity contribution in [2.24, 2.45) is 0 Å². The average Bonchev–Trinajstić information content (AvgIpc) is 2.50. The number of carbonyl (C=O) groups is 2. The Labute approximate surface area is 131 Å². The fourth-order valence-electron chi connectivity index (χ4n) is 1.96. The maximum absolute atomic E-state index is 12.6. The molecule has 0 atom stereocenters. The lowest BCUT2D eigenvalue weighted by Crippen LogP contribution is -2.22. The van der Waals surface area contributed by atoms with Crippen molar-refractivity contribution in [1.29, 1.82) is 0 Å². The third-order valence-corrected chi connectivity index (χ3v) is 3.00. The summed E-state index contributed by atoms with van der Waals surface area (Å²) in [6.07, 6.45) is -3.02. The monoisotopic (exact) mass is 334 g/mol. The minimum atomic E-state index is -5.07. The molecule has 5 nitrogen and oxygen atoms in total. The fraction of sp³-hybridized carbons (Fsp3) is 0.467. The number of rotatable bonds is 6. The Morgan fingerprint density at radius 1 is 1.04 bits per heavy atom. The number of methoxy groups -OCH3 is 2. The summed E-state index contributed by atoms with van der Waals surface area (Å²) in [5.41, 5.74) is -0.431. The predicted octanol–water partition coefficient (Wildman–Crippen LogP) is 3.50. The minimum Gasteiger partial charge on any atom is -0.465 e. The number of esters is 2. The summed E-state index contributed by atoms with van der Waals surface area (Å²) in [6, 6.07) is 2.46. The number of hydrogen-bond acceptors (Lipinski definition) is 5. The number of unbranched alkanes of at least 4 members (excludes halogenated alkanes) is 1. The van der Waals surface area contributed by atoms with Crippen LogP contribution in [0.15, 0.2) is 12.1 Å². The van der Waals surface area contributed by atoms with Gasteiger partial charge in [0, 0.05) is 0 Å². The smallest absolute Gasteiger partial charge is 0.465 e. The van der Waals surface area contributed by atoms with E-state index >= 15 is 0 Å². The second-order valence-electron chi connectivity index (χ2n) is 4.65. The van der Waals surface area contributed by atoms with E-state index in [0.717, 1.165) is 27.1 Å². The summed E-state index contributed by atoms with van der Waals surface area (Å²) in [5, 5.41) is 0.